The van der Waals surface area contributed by atoms with Gasteiger partial charge < -0.3 is 4.74 Å². The molecule has 29 heavy (non-hydrogen) atoms. The Morgan fingerprint density at radius 3 is 2.52 bits per heavy atom. The summed E-state index contributed by atoms with van der Waals surface area (Å²) in [5.74, 6) is 2.05. The quantitative estimate of drug-likeness (QED) is 0.485. The highest BCUT2D eigenvalue weighted by Gasteiger charge is 2.15. The van der Waals surface area contributed by atoms with Gasteiger partial charge in [-0.3, -0.25) is 18.4 Å². The van der Waals surface area contributed by atoms with E-state index in [-0.39, 0.29) is 11.5 Å². The van der Waals surface area contributed by atoms with Gasteiger partial charge in [-0.05, 0) is 31.2 Å². The number of aromatic nitrogens is 5. The Bertz CT molecular complexity index is 1230. The SMILES string of the molecule is CCn1cc(Cl)c(-c2ccc(Oc3cn4c(C(C)C)ncc4c(=O)n3C)cc2)n1. The molecule has 0 bridgehead atoms. The van der Waals surface area contributed by atoms with Gasteiger partial charge >= 0.3 is 0 Å². The zero-order chi connectivity index (χ0) is 20.7. The molecule has 4 aromatic rings. The lowest BCUT2D eigenvalue weighted by Gasteiger charge is -2.12. The highest BCUT2D eigenvalue weighted by atomic mass is 35.5. The predicted octanol–water partition coefficient (Wildman–Crippen LogP) is 4.49. The van der Waals surface area contributed by atoms with Crippen molar-refractivity contribution in [3.8, 4) is 22.9 Å². The number of nitrogens with zero attached hydrogens (tertiary/aromatic N) is 5. The molecule has 0 saturated heterocycles. The van der Waals surface area contributed by atoms with Gasteiger partial charge in [0.05, 0.1) is 17.4 Å². The second-order valence-electron chi connectivity index (χ2n) is 7.17. The summed E-state index contributed by atoms with van der Waals surface area (Å²) in [4.78, 5) is 17.1. The van der Waals surface area contributed by atoms with E-state index in [9.17, 15) is 4.79 Å². The number of hydrogen-bond donors (Lipinski definition) is 0. The Morgan fingerprint density at radius 1 is 1.17 bits per heavy atom. The zero-order valence-corrected chi connectivity index (χ0v) is 17.5. The van der Waals surface area contributed by atoms with Crippen LogP contribution in [0.25, 0.3) is 16.8 Å². The minimum absolute atomic E-state index is 0.157. The normalized spacial score (nSPS) is 11.5. The minimum Gasteiger partial charge on any atom is -0.439 e. The van der Waals surface area contributed by atoms with E-state index in [1.807, 2.05) is 51.2 Å². The van der Waals surface area contributed by atoms with Crippen molar-refractivity contribution >= 4 is 17.1 Å². The van der Waals surface area contributed by atoms with Crippen molar-refractivity contribution in [2.45, 2.75) is 33.2 Å². The van der Waals surface area contributed by atoms with E-state index < -0.39 is 0 Å². The fourth-order valence-corrected chi connectivity index (χ4v) is 3.48. The molecule has 0 atom stereocenters. The molecule has 0 amide bonds. The first-order valence-electron chi connectivity index (χ1n) is 9.47. The fourth-order valence-electron chi connectivity index (χ4n) is 3.22. The highest BCUT2D eigenvalue weighted by Crippen LogP contribution is 2.29. The Labute approximate surface area is 173 Å². The van der Waals surface area contributed by atoms with Crippen LogP contribution in [-0.2, 0) is 13.6 Å². The van der Waals surface area contributed by atoms with Gasteiger partial charge in [-0.15, -0.1) is 0 Å². The van der Waals surface area contributed by atoms with Gasteiger partial charge in [-0.2, -0.15) is 5.10 Å². The van der Waals surface area contributed by atoms with Crippen LogP contribution in [0.4, 0.5) is 0 Å². The summed E-state index contributed by atoms with van der Waals surface area (Å²) in [7, 11) is 1.69. The van der Waals surface area contributed by atoms with Crippen LogP contribution in [-0.4, -0.2) is 23.7 Å². The van der Waals surface area contributed by atoms with E-state index in [2.05, 4.69) is 10.1 Å². The summed E-state index contributed by atoms with van der Waals surface area (Å²) in [5.41, 5.74) is 2.00. The van der Waals surface area contributed by atoms with E-state index in [1.54, 1.807) is 28.5 Å². The van der Waals surface area contributed by atoms with Crippen LogP contribution >= 0.6 is 11.6 Å². The van der Waals surface area contributed by atoms with Crippen LogP contribution in [0, 0.1) is 0 Å². The molecule has 0 saturated carbocycles. The first-order valence-corrected chi connectivity index (χ1v) is 9.85. The smallest absolute Gasteiger partial charge is 0.279 e. The van der Waals surface area contributed by atoms with Gasteiger partial charge in [0, 0.05) is 31.3 Å². The van der Waals surface area contributed by atoms with Crippen LogP contribution in [0.15, 0.2) is 47.7 Å². The lowest BCUT2D eigenvalue weighted by atomic mass is 10.1. The van der Waals surface area contributed by atoms with E-state index in [0.717, 1.165) is 23.6 Å². The minimum atomic E-state index is -0.157. The van der Waals surface area contributed by atoms with Gasteiger partial charge in [0.2, 0.25) is 5.88 Å². The lowest BCUT2D eigenvalue weighted by Crippen LogP contribution is -2.20. The maximum atomic E-state index is 12.7. The Balaban J connectivity index is 1.68. The summed E-state index contributed by atoms with van der Waals surface area (Å²) < 4.78 is 11.1. The molecule has 150 valence electrons. The zero-order valence-electron chi connectivity index (χ0n) is 16.8. The second kappa shape index (κ2) is 7.40. The van der Waals surface area contributed by atoms with Crippen molar-refractivity contribution < 1.29 is 4.74 Å². The van der Waals surface area contributed by atoms with E-state index in [0.29, 0.717) is 22.2 Å². The van der Waals surface area contributed by atoms with Gasteiger partial charge in [0.15, 0.2) is 0 Å². The molecular formula is C21H22ClN5O2. The molecule has 0 unspecified atom stereocenters. The topological polar surface area (TPSA) is 66.3 Å². The highest BCUT2D eigenvalue weighted by molar-refractivity contribution is 6.33. The van der Waals surface area contributed by atoms with Crippen LogP contribution in [0.2, 0.25) is 5.02 Å². The van der Waals surface area contributed by atoms with Crippen molar-refractivity contribution in [2.24, 2.45) is 7.05 Å². The summed E-state index contributed by atoms with van der Waals surface area (Å²) in [6.07, 6.45) is 5.21. The number of rotatable bonds is 5. The Morgan fingerprint density at radius 2 is 1.90 bits per heavy atom. The standard InChI is InChI=1S/C21H22ClN5O2/c1-5-26-11-16(22)19(24-26)14-6-8-15(9-7-14)29-18-12-27-17(21(28)25(18)4)10-23-20(27)13(2)3/h6-13H,5H2,1-4H3. The van der Waals surface area contributed by atoms with E-state index in [4.69, 9.17) is 16.3 Å². The Kier molecular flexibility index (Phi) is 4.92. The molecule has 0 fully saturated rings. The molecule has 0 aliphatic rings. The summed E-state index contributed by atoms with van der Waals surface area (Å²) in [6.45, 7) is 6.84. The largest absolute Gasteiger partial charge is 0.439 e. The predicted molar refractivity (Wildman–Crippen MR) is 113 cm³/mol. The maximum absolute atomic E-state index is 12.7. The molecule has 0 spiro atoms. The number of benzene rings is 1. The van der Waals surface area contributed by atoms with Gasteiger partial charge in [-0.1, -0.05) is 25.4 Å². The molecule has 7 nitrogen and oxygen atoms in total. The van der Waals surface area contributed by atoms with Gasteiger partial charge in [-0.25, -0.2) is 4.98 Å². The average Bonchev–Trinajstić information content (AvgIpc) is 3.30. The van der Waals surface area contributed by atoms with Crippen LogP contribution < -0.4 is 10.3 Å². The van der Waals surface area contributed by atoms with Crippen molar-refractivity contribution in [1.82, 2.24) is 23.7 Å². The average molecular weight is 412 g/mol. The van der Waals surface area contributed by atoms with Gasteiger partial charge in [0.25, 0.3) is 5.56 Å². The number of fused-ring (bicyclic) bond motifs is 1. The summed E-state index contributed by atoms with van der Waals surface area (Å²) >= 11 is 6.29. The van der Waals surface area contributed by atoms with Crippen LogP contribution in [0.1, 0.15) is 32.5 Å². The summed E-state index contributed by atoms with van der Waals surface area (Å²) in [5, 5.41) is 5.09. The number of hydrogen-bond acceptors (Lipinski definition) is 4. The lowest BCUT2D eigenvalue weighted by molar-refractivity contribution is 0.430. The first kappa shape index (κ1) is 19.3. The van der Waals surface area contributed by atoms with Crippen molar-refractivity contribution in [2.75, 3.05) is 0 Å². The second-order valence-corrected chi connectivity index (χ2v) is 7.57. The van der Waals surface area contributed by atoms with Crippen molar-refractivity contribution in [3.63, 3.8) is 0 Å². The molecule has 0 N–H and O–H groups in total. The molecule has 4 rings (SSSR count). The molecule has 3 aromatic heterocycles. The third-order valence-corrected chi connectivity index (χ3v) is 5.10. The summed E-state index contributed by atoms with van der Waals surface area (Å²) in [6, 6.07) is 7.47. The molecule has 0 aliphatic carbocycles. The molecule has 1 aromatic carbocycles. The van der Waals surface area contributed by atoms with E-state index >= 15 is 0 Å². The molecular weight excluding hydrogens is 390 g/mol. The molecule has 0 radical (unpaired) electrons. The van der Waals surface area contributed by atoms with Crippen LogP contribution in [0.3, 0.4) is 0 Å². The van der Waals surface area contributed by atoms with Crippen molar-refractivity contribution in [1.29, 1.82) is 0 Å². The number of imidazole rings is 1. The number of aryl methyl sites for hydroxylation is 1. The number of halogens is 1. The molecule has 0 aliphatic heterocycles. The van der Waals surface area contributed by atoms with E-state index in [1.165, 1.54) is 4.57 Å². The van der Waals surface area contributed by atoms with Crippen molar-refractivity contribution in [3.05, 3.63) is 64.1 Å². The number of ether oxygens (including phenoxy) is 1. The maximum Gasteiger partial charge on any atom is 0.279 e. The third-order valence-electron chi connectivity index (χ3n) is 4.83. The monoisotopic (exact) mass is 411 g/mol. The third kappa shape index (κ3) is 3.42. The van der Waals surface area contributed by atoms with Gasteiger partial charge in [0.1, 0.15) is 22.8 Å². The molecule has 3 heterocycles. The molecule has 8 heteroatoms. The fraction of sp³-hybridized carbons (Fsp3) is 0.286. The Hall–Kier alpha value is -3.06. The van der Waals surface area contributed by atoms with Crippen LogP contribution in [0.5, 0.6) is 11.6 Å². The first-order chi connectivity index (χ1) is 13.9.